The minimum absolute atomic E-state index is 0.0801. The molecule has 8 heteroatoms. The molecule has 4 rings (SSSR count). The third-order valence-electron chi connectivity index (χ3n) is 6.24. The standard InChI is InChI=1S/C23H28F4N4/c24-20-5-7-21(8-6-20)30-14-11-29(12-15-30)13-16-31-10-9-28-17-22(31)18-1-3-19(4-2-18)23(25,26)27/h1-8,22,28H,9-17H2. The first-order valence-electron chi connectivity index (χ1n) is 10.7. The molecule has 2 aliphatic heterocycles. The van der Waals surface area contributed by atoms with Gasteiger partial charge in [-0.1, -0.05) is 12.1 Å². The van der Waals surface area contributed by atoms with Crippen LogP contribution in [0, 0.1) is 5.82 Å². The molecule has 0 saturated carbocycles. The van der Waals surface area contributed by atoms with Crippen molar-refractivity contribution in [1.29, 1.82) is 0 Å². The van der Waals surface area contributed by atoms with E-state index in [2.05, 4.69) is 20.0 Å². The Morgan fingerprint density at radius 1 is 0.839 bits per heavy atom. The number of piperazine rings is 2. The van der Waals surface area contributed by atoms with Crippen molar-refractivity contribution in [3.8, 4) is 0 Å². The van der Waals surface area contributed by atoms with Crippen LogP contribution in [-0.2, 0) is 6.18 Å². The van der Waals surface area contributed by atoms with Gasteiger partial charge < -0.3 is 10.2 Å². The number of benzene rings is 2. The maximum absolute atomic E-state index is 13.1. The van der Waals surface area contributed by atoms with Gasteiger partial charge in [0, 0.05) is 70.6 Å². The number of hydrogen-bond donors (Lipinski definition) is 1. The molecule has 2 heterocycles. The maximum atomic E-state index is 13.1. The lowest BCUT2D eigenvalue weighted by molar-refractivity contribution is -0.137. The van der Waals surface area contributed by atoms with E-state index < -0.39 is 11.7 Å². The number of nitrogens with one attached hydrogen (secondary N) is 1. The SMILES string of the molecule is Fc1ccc(N2CCN(CCN3CCNCC3c3ccc(C(F)(F)F)cc3)CC2)cc1. The van der Waals surface area contributed by atoms with Crippen LogP contribution in [0.4, 0.5) is 23.2 Å². The van der Waals surface area contributed by atoms with Gasteiger partial charge in [-0.3, -0.25) is 9.80 Å². The summed E-state index contributed by atoms with van der Waals surface area (Å²) in [5.41, 5.74) is 1.36. The highest BCUT2D eigenvalue weighted by Crippen LogP contribution is 2.31. The zero-order chi connectivity index (χ0) is 21.8. The topological polar surface area (TPSA) is 21.8 Å². The maximum Gasteiger partial charge on any atom is 0.416 e. The lowest BCUT2D eigenvalue weighted by Crippen LogP contribution is -2.51. The fourth-order valence-electron chi connectivity index (χ4n) is 4.39. The first kappa shape index (κ1) is 22.0. The van der Waals surface area contributed by atoms with Crippen molar-refractivity contribution in [2.24, 2.45) is 0 Å². The van der Waals surface area contributed by atoms with Crippen LogP contribution < -0.4 is 10.2 Å². The Bertz CT molecular complexity index is 830. The minimum atomic E-state index is -4.31. The van der Waals surface area contributed by atoms with Gasteiger partial charge >= 0.3 is 6.18 Å². The largest absolute Gasteiger partial charge is 0.416 e. The van der Waals surface area contributed by atoms with Gasteiger partial charge in [0.2, 0.25) is 0 Å². The molecule has 2 aromatic carbocycles. The first-order chi connectivity index (χ1) is 14.9. The Labute approximate surface area is 180 Å². The lowest BCUT2D eigenvalue weighted by atomic mass is 10.0. The number of alkyl halides is 3. The monoisotopic (exact) mass is 436 g/mol. The zero-order valence-corrected chi connectivity index (χ0v) is 17.4. The van der Waals surface area contributed by atoms with Gasteiger partial charge in [-0.25, -0.2) is 4.39 Å². The molecule has 31 heavy (non-hydrogen) atoms. The average Bonchev–Trinajstić information content (AvgIpc) is 2.78. The van der Waals surface area contributed by atoms with E-state index in [1.807, 2.05) is 12.1 Å². The summed E-state index contributed by atoms with van der Waals surface area (Å²) in [5, 5.41) is 3.36. The van der Waals surface area contributed by atoms with Gasteiger partial charge in [0.25, 0.3) is 0 Å². The van der Waals surface area contributed by atoms with E-state index in [1.54, 1.807) is 12.1 Å². The number of hydrogen-bond acceptors (Lipinski definition) is 4. The molecule has 2 saturated heterocycles. The van der Waals surface area contributed by atoms with Crippen molar-refractivity contribution < 1.29 is 17.6 Å². The van der Waals surface area contributed by atoms with E-state index in [4.69, 9.17) is 0 Å². The van der Waals surface area contributed by atoms with E-state index >= 15 is 0 Å². The Kier molecular flexibility index (Phi) is 6.79. The van der Waals surface area contributed by atoms with Crippen molar-refractivity contribution in [1.82, 2.24) is 15.1 Å². The second-order valence-corrected chi connectivity index (χ2v) is 8.18. The van der Waals surface area contributed by atoms with Crippen LogP contribution in [0.15, 0.2) is 48.5 Å². The predicted octanol–water partition coefficient (Wildman–Crippen LogP) is 3.61. The number of anilines is 1. The molecule has 2 aromatic rings. The zero-order valence-electron chi connectivity index (χ0n) is 17.4. The van der Waals surface area contributed by atoms with Crippen LogP contribution in [-0.4, -0.2) is 68.7 Å². The van der Waals surface area contributed by atoms with Crippen molar-refractivity contribution in [2.75, 3.05) is 63.8 Å². The van der Waals surface area contributed by atoms with Crippen LogP contribution in [0.1, 0.15) is 17.2 Å². The molecule has 0 bridgehead atoms. The Balaban J connectivity index is 1.30. The quantitative estimate of drug-likeness (QED) is 0.723. The summed E-state index contributed by atoms with van der Waals surface area (Å²) in [4.78, 5) is 7.06. The Hall–Kier alpha value is -2.16. The fourth-order valence-corrected chi connectivity index (χ4v) is 4.39. The van der Waals surface area contributed by atoms with Crippen LogP contribution in [0.5, 0.6) is 0 Å². The average molecular weight is 436 g/mol. The summed E-state index contributed by atoms with van der Waals surface area (Å²) in [6, 6.07) is 12.3. The summed E-state index contributed by atoms with van der Waals surface area (Å²) in [6.07, 6.45) is -4.31. The molecule has 2 fully saturated rings. The van der Waals surface area contributed by atoms with E-state index in [1.165, 1.54) is 24.3 Å². The number of nitrogens with zero attached hydrogens (tertiary/aromatic N) is 3. The highest BCUT2D eigenvalue weighted by Gasteiger charge is 2.31. The molecule has 1 unspecified atom stereocenters. The van der Waals surface area contributed by atoms with Crippen molar-refractivity contribution in [3.05, 3.63) is 65.5 Å². The van der Waals surface area contributed by atoms with Crippen LogP contribution in [0.25, 0.3) is 0 Å². The number of rotatable bonds is 5. The first-order valence-corrected chi connectivity index (χ1v) is 10.7. The van der Waals surface area contributed by atoms with Gasteiger partial charge in [-0.05, 0) is 42.0 Å². The van der Waals surface area contributed by atoms with Gasteiger partial charge in [-0.2, -0.15) is 13.2 Å². The molecular formula is C23H28F4N4. The van der Waals surface area contributed by atoms with E-state index in [0.29, 0.717) is 0 Å². The van der Waals surface area contributed by atoms with Crippen molar-refractivity contribution in [2.45, 2.75) is 12.2 Å². The highest BCUT2D eigenvalue weighted by molar-refractivity contribution is 5.46. The molecule has 168 valence electrons. The van der Waals surface area contributed by atoms with Gasteiger partial charge in [0.05, 0.1) is 5.56 Å². The Morgan fingerprint density at radius 2 is 1.52 bits per heavy atom. The van der Waals surface area contributed by atoms with Gasteiger partial charge in [0.1, 0.15) is 5.82 Å². The van der Waals surface area contributed by atoms with E-state index in [0.717, 1.165) is 70.2 Å². The molecule has 0 aromatic heterocycles. The van der Waals surface area contributed by atoms with Gasteiger partial charge in [0.15, 0.2) is 0 Å². The molecule has 1 N–H and O–H groups in total. The molecule has 1 atom stereocenters. The smallest absolute Gasteiger partial charge is 0.369 e. The summed E-state index contributed by atoms with van der Waals surface area (Å²) in [5.74, 6) is -0.221. The summed E-state index contributed by atoms with van der Waals surface area (Å²) < 4.78 is 51.7. The second-order valence-electron chi connectivity index (χ2n) is 8.18. The lowest BCUT2D eigenvalue weighted by Gasteiger charge is -2.40. The molecule has 0 aliphatic carbocycles. The Morgan fingerprint density at radius 3 is 2.16 bits per heavy atom. The van der Waals surface area contributed by atoms with Crippen molar-refractivity contribution in [3.63, 3.8) is 0 Å². The van der Waals surface area contributed by atoms with Crippen LogP contribution >= 0.6 is 0 Å². The number of halogens is 4. The van der Waals surface area contributed by atoms with Crippen molar-refractivity contribution >= 4 is 5.69 Å². The van der Waals surface area contributed by atoms with E-state index in [-0.39, 0.29) is 11.9 Å². The van der Waals surface area contributed by atoms with Crippen LogP contribution in [0.2, 0.25) is 0 Å². The second kappa shape index (κ2) is 9.54. The summed E-state index contributed by atoms with van der Waals surface area (Å²) >= 11 is 0. The molecule has 2 aliphatic rings. The fraction of sp³-hybridized carbons (Fsp3) is 0.478. The predicted molar refractivity (Wildman–Crippen MR) is 114 cm³/mol. The van der Waals surface area contributed by atoms with E-state index in [9.17, 15) is 17.6 Å². The summed E-state index contributed by atoms with van der Waals surface area (Å²) in [6.45, 7) is 7.98. The molecule has 4 nitrogen and oxygen atoms in total. The molecular weight excluding hydrogens is 408 g/mol. The minimum Gasteiger partial charge on any atom is -0.369 e. The third-order valence-corrected chi connectivity index (χ3v) is 6.24. The normalized spacial score (nSPS) is 21.4. The molecule has 0 radical (unpaired) electrons. The van der Waals surface area contributed by atoms with Gasteiger partial charge in [-0.15, -0.1) is 0 Å². The third kappa shape index (κ3) is 5.56. The van der Waals surface area contributed by atoms with Crippen LogP contribution in [0.3, 0.4) is 0 Å². The molecule has 0 amide bonds. The summed E-state index contributed by atoms with van der Waals surface area (Å²) in [7, 11) is 0. The molecule has 0 spiro atoms. The highest BCUT2D eigenvalue weighted by atomic mass is 19.4.